The molecule has 0 aliphatic heterocycles. The van der Waals surface area contributed by atoms with Crippen LogP contribution in [0.2, 0.25) is 0 Å². The minimum absolute atomic E-state index is 0.151. The lowest BCUT2D eigenvalue weighted by atomic mass is 10.1. The van der Waals surface area contributed by atoms with Crippen molar-refractivity contribution in [3.63, 3.8) is 0 Å². The smallest absolute Gasteiger partial charge is 0.262 e. The topological polar surface area (TPSA) is 68.3 Å². The summed E-state index contributed by atoms with van der Waals surface area (Å²) >= 11 is 0. The normalized spacial score (nSPS) is 11.0. The quantitative estimate of drug-likeness (QED) is 0.771. The van der Waals surface area contributed by atoms with Gasteiger partial charge in [-0.15, -0.1) is 0 Å². The van der Waals surface area contributed by atoms with E-state index in [2.05, 4.69) is 9.71 Å². The van der Waals surface area contributed by atoms with E-state index >= 15 is 0 Å². The molecule has 0 saturated carbocycles. The van der Waals surface area contributed by atoms with Crippen molar-refractivity contribution in [2.75, 3.05) is 11.8 Å². The first-order valence-electron chi connectivity index (χ1n) is 7.26. The summed E-state index contributed by atoms with van der Waals surface area (Å²) in [5.74, 6) is 0.491. The van der Waals surface area contributed by atoms with Crippen molar-refractivity contribution < 1.29 is 13.2 Å². The number of rotatable bonds is 5. The molecule has 0 atom stereocenters. The molecule has 3 aromatic rings. The van der Waals surface area contributed by atoms with Gasteiger partial charge >= 0.3 is 0 Å². The Morgan fingerprint density at radius 3 is 2.42 bits per heavy atom. The molecular formula is C18H16N2O3S. The molecule has 0 unspecified atom stereocenters. The maximum Gasteiger partial charge on any atom is 0.262 e. The summed E-state index contributed by atoms with van der Waals surface area (Å²) in [6.45, 7) is 0. The fourth-order valence-corrected chi connectivity index (χ4v) is 3.34. The van der Waals surface area contributed by atoms with Gasteiger partial charge in [0, 0.05) is 24.1 Å². The van der Waals surface area contributed by atoms with Crippen molar-refractivity contribution in [3.8, 4) is 16.9 Å². The Morgan fingerprint density at radius 2 is 1.75 bits per heavy atom. The summed E-state index contributed by atoms with van der Waals surface area (Å²) in [4.78, 5) is 4.23. The Bertz CT molecular complexity index is 924. The van der Waals surface area contributed by atoms with Gasteiger partial charge in [-0.25, -0.2) is 8.42 Å². The van der Waals surface area contributed by atoms with Crippen LogP contribution >= 0.6 is 0 Å². The van der Waals surface area contributed by atoms with Crippen molar-refractivity contribution in [3.05, 3.63) is 73.1 Å². The standard InChI is InChI=1S/C18H16N2O3S/c1-23-17-5-2-6-18(12-17)24(21,22)20-16-9-7-14(8-10-16)15-4-3-11-19-13-15/h2-13,20H,1H3. The molecule has 5 nitrogen and oxygen atoms in total. The van der Waals surface area contributed by atoms with Gasteiger partial charge in [0.05, 0.1) is 12.0 Å². The summed E-state index contributed by atoms with van der Waals surface area (Å²) in [7, 11) is -2.17. The lowest BCUT2D eigenvalue weighted by Gasteiger charge is -2.10. The molecule has 1 heterocycles. The molecule has 122 valence electrons. The fraction of sp³-hybridized carbons (Fsp3) is 0.0556. The van der Waals surface area contributed by atoms with Gasteiger partial charge in [0.1, 0.15) is 5.75 Å². The largest absolute Gasteiger partial charge is 0.497 e. The average molecular weight is 340 g/mol. The zero-order valence-corrected chi connectivity index (χ0v) is 13.8. The molecule has 2 aromatic carbocycles. The Labute approximate surface area is 141 Å². The van der Waals surface area contributed by atoms with Crippen LogP contribution in [0.1, 0.15) is 0 Å². The van der Waals surface area contributed by atoms with E-state index in [0.717, 1.165) is 11.1 Å². The van der Waals surface area contributed by atoms with E-state index in [0.29, 0.717) is 11.4 Å². The highest BCUT2D eigenvalue weighted by Crippen LogP contribution is 2.23. The lowest BCUT2D eigenvalue weighted by molar-refractivity contribution is 0.413. The Balaban J connectivity index is 1.82. The number of pyridine rings is 1. The maximum atomic E-state index is 12.4. The number of hydrogen-bond acceptors (Lipinski definition) is 4. The van der Waals surface area contributed by atoms with E-state index < -0.39 is 10.0 Å². The Hall–Kier alpha value is -2.86. The second-order valence-electron chi connectivity index (χ2n) is 5.10. The van der Waals surface area contributed by atoms with E-state index in [9.17, 15) is 8.42 Å². The highest BCUT2D eigenvalue weighted by molar-refractivity contribution is 7.92. The molecule has 3 rings (SSSR count). The number of aromatic nitrogens is 1. The number of ether oxygens (including phenoxy) is 1. The summed E-state index contributed by atoms with van der Waals surface area (Å²) in [5.41, 5.74) is 2.43. The van der Waals surface area contributed by atoms with E-state index in [1.165, 1.54) is 19.2 Å². The Kier molecular flexibility index (Phi) is 4.48. The lowest BCUT2D eigenvalue weighted by Crippen LogP contribution is -2.12. The maximum absolute atomic E-state index is 12.4. The molecule has 0 bridgehead atoms. The van der Waals surface area contributed by atoms with Gasteiger partial charge < -0.3 is 4.74 Å². The van der Waals surface area contributed by atoms with Crippen molar-refractivity contribution in [1.82, 2.24) is 4.98 Å². The average Bonchev–Trinajstić information content (AvgIpc) is 2.63. The third-order valence-corrected chi connectivity index (χ3v) is 4.86. The van der Waals surface area contributed by atoms with Crippen LogP contribution in [0.15, 0.2) is 78.0 Å². The fourth-order valence-electron chi connectivity index (χ4n) is 2.25. The molecule has 0 saturated heterocycles. The van der Waals surface area contributed by atoms with Crippen LogP contribution in [0.5, 0.6) is 5.75 Å². The third-order valence-electron chi connectivity index (χ3n) is 3.48. The van der Waals surface area contributed by atoms with Crippen LogP contribution in [0, 0.1) is 0 Å². The zero-order chi connectivity index (χ0) is 17.0. The second kappa shape index (κ2) is 6.72. The van der Waals surface area contributed by atoms with Crippen LogP contribution in [-0.2, 0) is 10.0 Å². The number of benzene rings is 2. The van der Waals surface area contributed by atoms with E-state index in [1.807, 2.05) is 24.3 Å². The van der Waals surface area contributed by atoms with E-state index in [1.54, 1.807) is 36.7 Å². The highest BCUT2D eigenvalue weighted by atomic mass is 32.2. The number of nitrogens with one attached hydrogen (secondary N) is 1. The number of anilines is 1. The molecule has 0 aliphatic rings. The molecule has 0 spiro atoms. The van der Waals surface area contributed by atoms with E-state index in [-0.39, 0.29) is 4.90 Å². The van der Waals surface area contributed by atoms with Gasteiger partial charge in [-0.1, -0.05) is 24.3 Å². The SMILES string of the molecule is COc1cccc(S(=O)(=O)Nc2ccc(-c3cccnc3)cc2)c1. The predicted octanol–water partition coefficient (Wildman–Crippen LogP) is 3.56. The summed E-state index contributed by atoms with van der Waals surface area (Å²) in [5, 5.41) is 0. The van der Waals surface area contributed by atoms with Gasteiger partial charge in [-0.2, -0.15) is 0 Å². The van der Waals surface area contributed by atoms with Gasteiger partial charge in [-0.05, 0) is 41.5 Å². The summed E-state index contributed by atoms with van der Waals surface area (Å²) in [6.07, 6.45) is 3.47. The summed E-state index contributed by atoms with van der Waals surface area (Å²) in [6, 6.07) is 17.3. The van der Waals surface area contributed by atoms with Gasteiger partial charge in [0.2, 0.25) is 0 Å². The van der Waals surface area contributed by atoms with Crippen molar-refractivity contribution in [2.24, 2.45) is 0 Å². The van der Waals surface area contributed by atoms with Crippen LogP contribution in [0.4, 0.5) is 5.69 Å². The molecule has 6 heteroatoms. The molecule has 1 aromatic heterocycles. The van der Waals surface area contributed by atoms with Gasteiger partial charge in [-0.3, -0.25) is 9.71 Å². The molecule has 0 fully saturated rings. The zero-order valence-electron chi connectivity index (χ0n) is 13.0. The van der Waals surface area contributed by atoms with E-state index in [4.69, 9.17) is 4.74 Å². The molecule has 0 aliphatic carbocycles. The molecule has 0 amide bonds. The second-order valence-corrected chi connectivity index (χ2v) is 6.79. The predicted molar refractivity (Wildman–Crippen MR) is 93.5 cm³/mol. The number of hydrogen-bond donors (Lipinski definition) is 1. The minimum Gasteiger partial charge on any atom is -0.497 e. The van der Waals surface area contributed by atoms with Gasteiger partial charge in [0.15, 0.2) is 0 Å². The monoisotopic (exact) mass is 340 g/mol. The molecule has 1 N–H and O–H groups in total. The number of methoxy groups -OCH3 is 1. The molecular weight excluding hydrogens is 324 g/mol. The number of sulfonamides is 1. The summed E-state index contributed by atoms with van der Waals surface area (Å²) < 4.78 is 32.5. The first-order valence-corrected chi connectivity index (χ1v) is 8.74. The van der Waals surface area contributed by atoms with Crippen molar-refractivity contribution in [2.45, 2.75) is 4.90 Å². The molecule has 24 heavy (non-hydrogen) atoms. The van der Waals surface area contributed by atoms with Crippen LogP contribution in [-0.4, -0.2) is 20.5 Å². The van der Waals surface area contributed by atoms with Crippen LogP contribution in [0.25, 0.3) is 11.1 Å². The van der Waals surface area contributed by atoms with Crippen molar-refractivity contribution in [1.29, 1.82) is 0 Å². The third kappa shape index (κ3) is 3.55. The van der Waals surface area contributed by atoms with Gasteiger partial charge in [0.25, 0.3) is 10.0 Å². The number of nitrogens with zero attached hydrogens (tertiary/aromatic N) is 1. The Morgan fingerprint density at radius 1 is 0.958 bits per heavy atom. The minimum atomic E-state index is -3.67. The first-order chi connectivity index (χ1) is 11.6. The first kappa shape index (κ1) is 16.0. The van der Waals surface area contributed by atoms with Crippen molar-refractivity contribution >= 4 is 15.7 Å². The van der Waals surface area contributed by atoms with Crippen LogP contribution < -0.4 is 9.46 Å². The van der Waals surface area contributed by atoms with Crippen LogP contribution in [0.3, 0.4) is 0 Å². The molecule has 0 radical (unpaired) electrons. The highest BCUT2D eigenvalue weighted by Gasteiger charge is 2.15.